The normalized spacial score (nSPS) is 10.6. The molecule has 0 atom stereocenters. The largest absolute Gasteiger partial charge is 0.138 e. The van der Waals surface area contributed by atoms with Crippen molar-refractivity contribution in [3.05, 3.63) is 23.8 Å². The van der Waals surface area contributed by atoms with E-state index in [4.69, 9.17) is 0 Å². The third-order valence-electron chi connectivity index (χ3n) is 1.47. The van der Waals surface area contributed by atoms with Crippen molar-refractivity contribution in [1.29, 1.82) is 0 Å². The summed E-state index contributed by atoms with van der Waals surface area (Å²) in [6.45, 7) is 0. The summed E-state index contributed by atoms with van der Waals surface area (Å²) in [6.07, 6.45) is 0. The number of hydrogen-bond acceptors (Lipinski definition) is 3. The Morgan fingerprint density at radius 1 is 1.45 bits per heavy atom. The quantitative estimate of drug-likeness (QED) is 0.591. The lowest BCUT2D eigenvalue weighted by Gasteiger charge is -1.91. The predicted molar refractivity (Wildman–Crippen MR) is 55.1 cm³/mol. The van der Waals surface area contributed by atoms with Gasteiger partial charge in [-0.15, -0.1) is 5.10 Å². The van der Waals surface area contributed by atoms with Crippen molar-refractivity contribution in [2.75, 3.05) is 0 Å². The third-order valence-corrected chi connectivity index (χ3v) is 3.05. The molecule has 0 spiro atoms. The summed E-state index contributed by atoms with van der Waals surface area (Å²) in [7, 11) is 0. The summed E-state index contributed by atoms with van der Waals surface area (Å²) in [4.78, 5) is 0. The fourth-order valence-electron chi connectivity index (χ4n) is 0.910. The van der Waals surface area contributed by atoms with E-state index in [0.29, 0.717) is 0 Å². The molecule has 0 bridgehead atoms. The fraction of sp³-hybridized carbons (Fsp3) is 0.143. The first-order chi connectivity index (χ1) is 5.40. The second-order valence-corrected chi connectivity index (χ2v) is 3.76. The molecular formula is C7H5IN2S. The zero-order valence-corrected chi connectivity index (χ0v) is 8.59. The highest BCUT2D eigenvalue weighted by Gasteiger charge is 1.97. The van der Waals surface area contributed by atoms with Crippen molar-refractivity contribution in [2.45, 2.75) is 4.43 Å². The van der Waals surface area contributed by atoms with E-state index in [2.05, 4.69) is 50.4 Å². The van der Waals surface area contributed by atoms with Gasteiger partial charge in [0.2, 0.25) is 0 Å². The second-order valence-electron chi connectivity index (χ2n) is 2.21. The van der Waals surface area contributed by atoms with Crippen LogP contribution in [-0.4, -0.2) is 9.59 Å². The molecule has 0 fully saturated rings. The molecule has 0 amide bonds. The molecule has 0 saturated heterocycles. The summed E-state index contributed by atoms with van der Waals surface area (Å²) in [5.41, 5.74) is 2.33. The average Bonchev–Trinajstić information content (AvgIpc) is 2.50. The molecule has 0 aliphatic rings. The van der Waals surface area contributed by atoms with Crippen LogP contribution in [0.5, 0.6) is 0 Å². The van der Waals surface area contributed by atoms with E-state index in [9.17, 15) is 0 Å². The maximum absolute atomic E-state index is 3.99. The Kier molecular flexibility index (Phi) is 2.04. The highest BCUT2D eigenvalue weighted by atomic mass is 127. The van der Waals surface area contributed by atoms with Gasteiger partial charge in [-0.05, 0) is 29.2 Å². The number of fused-ring (bicyclic) bond motifs is 1. The van der Waals surface area contributed by atoms with E-state index in [1.165, 1.54) is 21.8 Å². The van der Waals surface area contributed by atoms with Crippen LogP contribution in [0.2, 0.25) is 0 Å². The number of rotatable bonds is 1. The maximum Gasteiger partial charge on any atom is 0.106 e. The predicted octanol–water partition coefficient (Wildman–Crippen LogP) is 2.63. The number of hydrogen-bond donors (Lipinski definition) is 0. The van der Waals surface area contributed by atoms with Crippen LogP contribution in [0.25, 0.3) is 10.2 Å². The van der Waals surface area contributed by atoms with E-state index >= 15 is 0 Å². The summed E-state index contributed by atoms with van der Waals surface area (Å²) in [6, 6.07) is 6.29. The first-order valence-corrected chi connectivity index (χ1v) is 5.47. The molecule has 0 aliphatic carbocycles. The molecular weight excluding hydrogens is 271 g/mol. The number of benzene rings is 1. The van der Waals surface area contributed by atoms with Gasteiger partial charge >= 0.3 is 0 Å². The lowest BCUT2D eigenvalue weighted by molar-refractivity contribution is 1.20. The van der Waals surface area contributed by atoms with Crippen molar-refractivity contribution in [1.82, 2.24) is 9.59 Å². The van der Waals surface area contributed by atoms with E-state index in [1.54, 1.807) is 0 Å². The number of nitrogens with zero attached hydrogens (tertiary/aromatic N) is 2. The van der Waals surface area contributed by atoms with Gasteiger partial charge in [-0.3, -0.25) is 0 Å². The topological polar surface area (TPSA) is 25.8 Å². The molecule has 56 valence electrons. The van der Waals surface area contributed by atoms with Gasteiger partial charge in [-0.2, -0.15) is 0 Å². The van der Waals surface area contributed by atoms with Gasteiger partial charge in [-0.25, -0.2) is 0 Å². The fourth-order valence-corrected chi connectivity index (χ4v) is 1.92. The van der Waals surface area contributed by atoms with Crippen molar-refractivity contribution < 1.29 is 0 Å². The first-order valence-electron chi connectivity index (χ1n) is 3.17. The van der Waals surface area contributed by atoms with Gasteiger partial charge in [0.05, 0.1) is 4.70 Å². The lowest BCUT2D eigenvalue weighted by Crippen LogP contribution is -1.75. The molecule has 2 aromatic rings. The van der Waals surface area contributed by atoms with Crippen LogP contribution in [0, 0.1) is 0 Å². The molecule has 2 rings (SSSR count). The Morgan fingerprint density at radius 3 is 3.18 bits per heavy atom. The van der Waals surface area contributed by atoms with Gasteiger partial charge in [-0.1, -0.05) is 33.1 Å². The summed E-state index contributed by atoms with van der Waals surface area (Å²) >= 11 is 3.78. The van der Waals surface area contributed by atoms with Crippen LogP contribution >= 0.6 is 34.1 Å². The van der Waals surface area contributed by atoms with Gasteiger partial charge in [0.25, 0.3) is 0 Å². The van der Waals surface area contributed by atoms with Crippen LogP contribution in [0.3, 0.4) is 0 Å². The molecule has 0 aliphatic heterocycles. The van der Waals surface area contributed by atoms with Crippen LogP contribution in [0.15, 0.2) is 18.2 Å². The lowest BCUT2D eigenvalue weighted by atomic mass is 10.2. The Hall–Kier alpha value is -0.230. The molecule has 1 aromatic carbocycles. The van der Waals surface area contributed by atoms with Crippen molar-refractivity contribution in [3.8, 4) is 0 Å². The standard InChI is InChI=1S/C7H5IN2S/c8-4-5-1-2-7-6(3-5)9-10-11-7/h1-3H,4H2. The SMILES string of the molecule is ICc1ccc2snnc2c1. The Morgan fingerprint density at radius 2 is 2.36 bits per heavy atom. The van der Waals surface area contributed by atoms with Gasteiger partial charge in [0, 0.05) is 4.43 Å². The number of aromatic nitrogens is 2. The van der Waals surface area contributed by atoms with Gasteiger partial charge in [0.1, 0.15) is 5.52 Å². The highest BCUT2D eigenvalue weighted by Crippen LogP contribution is 2.17. The van der Waals surface area contributed by atoms with E-state index < -0.39 is 0 Å². The molecule has 0 saturated carbocycles. The third kappa shape index (κ3) is 1.37. The molecule has 0 unspecified atom stereocenters. The molecule has 2 nitrogen and oxygen atoms in total. The minimum Gasteiger partial charge on any atom is -0.138 e. The van der Waals surface area contributed by atoms with Crippen molar-refractivity contribution in [2.24, 2.45) is 0 Å². The van der Waals surface area contributed by atoms with E-state index in [-0.39, 0.29) is 0 Å². The summed E-state index contributed by atoms with van der Waals surface area (Å²) in [5, 5.41) is 3.99. The molecule has 11 heavy (non-hydrogen) atoms. The molecule has 1 aromatic heterocycles. The van der Waals surface area contributed by atoms with E-state index in [1.807, 2.05) is 0 Å². The number of halogens is 1. The summed E-state index contributed by atoms with van der Waals surface area (Å²) < 4.78 is 6.06. The van der Waals surface area contributed by atoms with Crippen LogP contribution in [0.4, 0.5) is 0 Å². The minimum atomic E-state index is 1.02. The zero-order chi connectivity index (χ0) is 7.68. The average molecular weight is 276 g/mol. The van der Waals surface area contributed by atoms with Gasteiger partial charge < -0.3 is 0 Å². The molecule has 4 heteroatoms. The van der Waals surface area contributed by atoms with Crippen LogP contribution < -0.4 is 0 Å². The maximum atomic E-state index is 3.99. The second kappa shape index (κ2) is 3.02. The van der Waals surface area contributed by atoms with Crippen molar-refractivity contribution >= 4 is 44.3 Å². The first kappa shape index (κ1) is 7.42. The Balaban J connectivity index is 2.67. The van der Waals surface area contributed by atoms with Crippen LogP contribution in [0.1, 0.15) is 5.56 Å². The Bertz CT molecular complexity index is 371. The highest BCUT2D eigenvalue weighted by molar-refractivity contribution is 14.1. The minimum absolute atomic E-state index is 1.02. The van der Waals surface area contributed by atoms with E-state index in [0.717, 1.165) is 9.94 Å². The van der Waals surface area contributed by atoms with Crippen molar-refractivity contribution in [3.63, 3.8) is 0 Å². The van der Waals surface area contributed by atoms with Crippen LogP contribution in [-0.2, 0) is 4.43 Å². The zero-order valence-electron chi connectivity index (χ0n) is 5.62. The monoisotopic (exact) mass is 276 g/mol. The molecule has 0 radical (unpaired) electrons. The molecule has 1 heterocycles. The summed E-state index contributed by atoms with van der Waals surface area (Å²) in [5.74, 6) is 0. The van der Waals surface area contributed by atoms with Gasteiger partial charge in [0.15, 0.2) is 0 Å². The molecule has 0 N–H and O–H groups in total. The Labute approximate surface area is 81.9 Å². The smallest absolute Gasteiger partial charge is 0.106 e. The number of alkyl halides is 1.